The van der Waals surface area contributed by atoms with E-state index in [4.69, 9.17) is 11.6 Å². The van der Waals surface area contributed by atoms with Gasteiger partial charge in [0.1, 0.15) is 5.00 Å². The minimum absolute atomic E-state index is 0.229. The molecule has 6 nitrogen and oxygen atoms in total. The van der Waals surface area contributed by atoms with Crippen LogP contribution in [0, 0.1) is 11.8 Å². The number of carboxylic acid groups (broad SMARTS) is 1. The fraction of sp³-hybridized carbons (Fsp3) is 0.435. The number of benzene rings is 1. The molecule has 3 N–H and O–H groups in total. The third-order valence-corrected chi connectivity index (χ3v) is 7.59. The molecule has 0 aliphatic heterocycles. The van der Waals surface area contributed by atoms with Gasteiger partial charge in [-0.15, -0.1) is 11.3 Å². The number of anilines is 1. The van der Waals surface area contributed by atoms with Crippen molar-refractivity contribution in [3.8, 4) is 0 Å². The molecule has 2 aliphatic rings. The number of carbonyl (C=O) groups is 3. The highest BCUT2D eigenvalue weighted by Gasteiger charge is 2.37. The molecular formula is C23H25ClN2O4S. The van der Waals surface area contributed by atoms with Crippen LogP contribution in [0.1, 0.15) is 58.5 Å². The Balaban J connectivity index is 1.53. The van der Waals surface area contributed by atoms with Crippen molar-refractivity contribution in [2.75, 3.05) is 5.32 Å². The van der Waals surface area contributed by atoms with Crippen LogP contribution in [0.4, 0.5) is 5.00 Å². The van der Waals surface area contributed by atoms with Crippen LogP contribution >= 0.6 is 22.9 Å². The zero-order chi connectivity index (χ0) is 22.0. The maximum absolute atomic E-state index is 13.1. The van der Waals surface area contributed by atoms with E-state index >= 15 is 0 Å². The van der Waals surface area contributed by atoms with Gasteiger partial charge in [-0.1, -0.05) is 36.6 Å². The van der Waals surface area contributed by atoms with Crippen molar-refractivity contribution in [2.45, 2.75) is 51.5 Å². The number of fused-ring (bicyclic) bond motifs is 1. The molecule has 0 radical (unpaired) electrons. The molecule has 2 aliphatic carbocycles. The number of aryl methyl sites for hydroxylation is 1. The molecule has 1 heterocycles. The predicted molar refractivity (Wildman–Crippen MR) is 121 cm³/mol. The zero-order valence-electron chi connectivity index (χ0n) is 17.1. The predicted octanol–water partition coefficient (Wildman–Crippen LogP) is 4.65. The van der Waals surface area contributed by atoms with E-state index in [0.29, 0.717) is 35.0 Å². The first-order valence-electron chi connectivity index (χ1n) is 10.6. The van der Waals surface area contributed by atoms with Gasteiger partial charge in [-0.3, -0.25) is 14.4 Å². The summed E-state index contributed by atoms with van der Waals surface area (Å²) in [7, 11) is 0. The maximum atomic E-state index is 13.1. The SMILES string of the molecule is O=C(NCc1cccc(Cl)c1)c1c(NC(=O)C2CCCCC2C(=O)O)sc2c1CCC2. The van der Waals surface area contributed by atoms with Crippen LogP contribution in [-0.4, -0.2) is 22.9 Å². The lowest BCUT2D eigenvalue weighted by Crippen LogP contribution is -2.36. The Hall–Kier alpha value is -2.38. The van der Waals surface area contributed by atoms with E-state index in [-0.39, 0.29) is 11.8 Å². The van der Waals surface area contributed by atoms with Gasteiger partial charge in [0, 0.05) is 16.4 Å². The number of hydrogen-bond acceptors (Lipinski definition) is 4. The molecule has 0 saturated heterocycles. The van der Waals surface area contributed by atoms with Crippen molar-refractivity contribution in [1.29, 1.82) is 0 Å². The third kappa shape index (κ3) is 4.77. The van der Waals surface area contributed by atoms with Crippen LogP contribution in [0.2, 0.25) is 5.02 Å². The molecule has 2 atom stereocenters. The van der Waals surface area contributed by atoms with Crippen LogP contribution in [0.15, 0.2) is 24.3 Å². The van der Waals surface area contributed by atoms with Crippen molar-refractivity contribution in [3.05, 3.63) is 50.9 Å². The summed E-state index contributed by atoms with van der Waals surface area (Å²) in [6, 6.07) is 7.31. The first-order valence-corrected chi connectivity index (χ1v) is 11.8. The number of amides is 2. The Bertz CT molecular complexity index is 1020. The maximum Gasteiger partial charge on any atom is 0.307 e. The first-order chi connectivity index (χ1) is 14.9. The second-order valence-electron chi connectivity index (χ2n) is 8.20. The van der Waals surface area contributed by atoms with E-state index in [1.54, 1.807) is 12.1 Å². The first kappa shape index (κ1) is 21.8. The van der Waals surface area contributed by atoms with Crippen LogP contribution < -0.4 is 10.6 Å². The van der Waals surface area contributed by atoms with E-state index in [2.05, 4.69) is 10.6 Å². The lowest BCUT2D eigenvalue weighted by Gasteiger charge is -2.27. The number of halogens is 1. The van der Waals surface area contributed by atoms with Gasteiger partial charge in [0.2, 0.25) is 5.91 Å². The summed E-state index contributed by atoms with van der Waals surface area (Å²) < 4.78 is 0. The molecule has 164 valence electrons. The largest absolute Gasteiger partial charge is 0.481 e. The van der Waals surface area contributed by atoms with Crippen molar-refractivity contribution < 1.29 is 19.5 Å². The number of nitrogens with one attached hydrogen (secondary N) is 2. The van der Waals surface area contributed by atoms with Crippen molar-refractivity contribution >= 4 is 45.7 Å². The van der Waals surface area contributed by atoms with E-state index < -0.39 is 17.8 Å². The fourth-order valence-corrected chi connectivity index (χ4v) is 6.10. The lowest BCUT2D eigenvalue weighted by molar-refractivity contribution is -0.147. The van der Waals surface area contributed by atoms with E-state index in [9.17, 15) is 19.5 Å². The second-order valence-corrected chi connectivity index (χ2v) is 9.74. The summed E-state index contributed by atoms with van der Waals surface area (Å²) in [6.45, 7) is 0.334. The fourth-order valence-electron chi connectivity index (χ4n) is 4.60. The van der Waals surface area contributed by atoms with Crippen LogP contribution in [-0.2, 0) is 29.0 Å². The van der Waals surface area contributed by atoms with Crippen molar-refractivity contribution in [1.82, 2.24) is 5.32 Å². The molecule has 1 aromatic heterocycles. The smallest absolute Gasteiger partial charge is 0.307 e. The summed E-state index contributed by atoms with van der Waals surface area (Å²) in [6.07, 6.45) is 5.44. The molecule has 31 heavy (non-hydrogen) atoms. The third-order valence-electron chi connectivity index (χ3n) is 6.15. The van der Waals surface area contributed by atoms with Gasteiger partial charge in [-0.2, -0.15) is 0 Å². The molecule has 8 heteroatoms. The molecule has 0 spiro atoms. The minimum Gasteiger partial charge on any atom is -0.481 e. The highest BCUT2D eigenvalue weighted by atomic mass is 35.5. The molecule has 2 amide bonds. The highest BCUT2D eigenvalue weighted by Crippen LogP contribution is 2.40. The van der Waals surface area contributed by atoms with Gasteiger partial charge >= 0.3 is 5.97 Å². The van der Waals surface area contributed by atoms with Gasteiger partial charge in [0.05, 0.1) is 17.4 Å². The monoisotopic (exact) mass is 460 g/mol. The van der Waals surface area contributed by atoms with E-state index in [0.717, 1.165) is 48.1 Å². The summed E-state index contributed by atoms with van der Waals surface area (Å²) in [5, 5.41) is 16.5. The highest BCUT2D eigenvalue weighted by molar-refractivity contribution is 7.17. The average molecular weight is 461 g/mol. The van der Waals surface area contributed by atoms with Gasteiger partial charge < -0.3 is 15.7 Å². The average Bonchev–Trinajstić information content (AvgIpc) is 3.33. The van der Waals surface area contributed by atoms with Gasteiger partial charge in [-0.25, -0.2) is 0 Å². The Labute approximate surface area is 190 Å². The summed E-state index contributed by atoms with van der Waals surface area (Å²) in [5.41, 5.74) is 2.42. The quantitative estimate of drug-likeness (QED) is 0.584. The molecule has 2 unspecified atom stereocenters. The number of thiophene rings is 1. The second kappa shape index (κ2) is 9.40. The van der Waals surface area contributed by atoms with Gasteiger partial charge in [-0.05, 0) is 55.4 Å². The minimum atomic E-state index is -0.923. The van der Waals surface area contributed by atoms with Crippen molar-refractivity contribution in [2.24, 2.45) is 11.8 Å². The normalized spacial score (nSPS) is 20.2. The molecule has 4 rings (SSSR count). The molecular weight excluding hydrogens is 436 g/mol. The van der Waals surface area contributed by atoms with Crippen LogP contribution in [0.3, 0.4) is 0 Å². The number of aliphatic carboxylic acids is 1. The standard InChI is InChI=1S/C23H25ClN2O4S/c24-14-6-3-5-13(11-14)12-25-21(28)19-17-9-4-10-18(17)31-22(19)26-20(27)15-7-1-2-8-16(15)23(29)30/h3,5-6,11,15-16H,1-2,4,7-10,12H2,(H,25,28)(H,26,27)(H,29,30). The number of carboxylic acids is 1. The summed E-state index contributed by atoms with van der Waals surface area (Å²) in [5.74, 6) is -2.68. The number of rotatable bonds is 6. The van der Waals surface area contributed by atoms with Crippen LogP contribution in [0.25, 0.3) is 0 Å². The lowest BCUT2D eigenvalue weighted by atomic mass is 9.79. The topological polar surface area (TPSA) is 95.5 Å². The van der Waals surface area contributed by atoms with Crippen molar-refractivity contribution in [3.63, 3.8) is 0 Å². The summed E-state index contributed by atoms with van der Waals surface area (Å²) in [4.78, 5) is 38.8. The molecule has 1 aromatic carbocycles. The van der Waals surface area contributed by atoms with Gasteiger partial charge in [0.25, 0.3) is 5.91 Å². The molecule has 2 aromatic rings. The molecule has 1 saturated carbocycles. The van der Waals surface area contributed by atoms with E-state index in [1.165, 1.54) is 11.3 Å². The number of carbonyl (C=O) groups excluding carboxylic acids is 2. The van der Waals surface area contributed by atoms with Gasteiger partial charge in [0.15, 0.2) is 0 Å². The summed E-state index contributed by atoms with van der Waals surface area (Å²) >= 11 is 7.47. The van der Waals surface area contributed by atoms with E-state index in [1.807, 2.05) is 12.1 Å². The van der Waals surface area contributed by atoms with Crippen LogP contribution in [0.5, 0.6) is 0 Å². The molecule has 1 fully saturated rings. The number of hydrogen-bond donors (Lipinski definition) is 3. The Morgan fingerprint density at radius 1 is 1.10 bits per heavy atom. The Kier molecular flexibility index (Phi) is 6.62. The molecule has 0 bridgehead atoms. The Morgan fingerprint density at radius 2 is 1.87 bits per heavy atom. The zero-order valence-corrected chi connectivity index (χ0v) is 18.7. The Morgan fingerprint density at radius 3 is 2.61 bits per heavy atom.